The van der Waals surface area contributed by atoms with Gasteiger partial charge >= 0.3 is 0 Å². The quantitative estimate of drug-likeness (QED) is 0.708. The number of aromatic nitrogens is 6. The van der Waals surface area contributed by atoms with Crippen LogP contribution in [0.2, 0.25) is 0 Å². The van der Waals surface area contributed by atoms with Crippen LogP contribution < -0.4 is 5.73 Å². The standard InChI is InChI=1S/C13H15N7/c1-8-6-9(2)11(14)7-10(8)13-15-17-18-20(13)12-4-5-19(3)16-12/h4-7H,14H2,1-3H3. The van der Waals surface area contributed by atoms with Crippen LogP contribution in [0, 0.1) is 13.8 Å². The lowest BCUT2D eigenvalue weighted by Gasteiger charge is -2.08. The molecule has 2 N–H and O–H groups in total. The first-order valence-electron chi connectivity index (χ1n) is 6.22. The Kier molecular flexibility index (Phi) is 2.74. The lowest BCUT2D eigenvalue weighted by atomic mass is 10.0. The molecule has 0 unspecified atom stereocenters. The van der Waals surface area contributed by atoms with Crippen LogP contribution in [0.5, 0.6) is 0 Å². The van der Waals surface area contributed by atoms with Crippen molar-refractivity contribution in [3.63, 3.8) is 0 Å². The van der Waals surface area contributed by atoms with Crippen molar-refractivity contribution in [2.75, 3.05) is 5.73 Å². The van der Waals surface area contributed by atoms with Gasteiger partial charge in [-0.05, 0) is 41.5 Å². The monoisotopic (exact) mass is 269 g/mol. The average molecular weight is 269 g/mol. The Morgan fingerprint density at radius 3 is 2.65 bits per heavy atom. The van der Waals surface area contributed by atoms with E-state index in [1.165, 1.54) is 0 Å². The van der Waals surface area contributed by atoms with Gasteiger partial charge in [0, 0.05) is 30.6 Å². The first-order chi connectivity index (χ1) is 9.56. The highest BCUT2D eigenvalue weighted by atomic mass is 15.6. The predicted molar refractivity (Wildman–Crippen MR) is 75.2 cm³/mol. The average Bonchev–Trinajstić information content (AvgIpc) is 3.02. The Morgan fingerprint density at radius 2 is 1.95 bits per heavy atom. The summed E-state index contributed by atoms with van der Waals surface area (Å²) in [4.78, 5) is 0. The van der Waals surface area contributed by atoms with Crippen LogP contribution in [0.25, 0.3) is 17.2 Å². The van der Waals surface area contributed by atoms with Gasteiger partial charge in [0.05, 0.1) is 0 Å². The summed E-state index contributed by atoms with van der Waals surface area (Å²) in [5.41, 5.74) is 9.74. The van der Waals surface area contributed by atoms with Crippen molar-refractivity contribution in [3.05, 3.63) is 35.5 Å². The molecule has 3 rings (SSSR count). The summed E-state index contributed by atoms with van der Waals surface area (Å²) in [6, 6.07) is 5.78. The zero-order valence-electron chi connectivity index (χ0n) is 11.6. The van der Waals surface area contributed by atoms with E-state index in [1.54, 1.807) is 9.36 Å². The molecule has 2 heterocycles. The topological polar surface area (TPSA) is 87.4 Å². The van der Waals surface area contributed by atoms with Crippen LogP contribution in [0.1, 0.15) is 11.1 Å². The van der Waals surface area contributed by atoms with E-state index in [2.05, 4.69) is 20.6 Å². The van der Waals surface area contributed by atoms with Crippen LogP contribution >= 0.6 is 0 Å². The minimum atomic E-state index is 0.632. The molecule has 0 atom stereocenters. The van der Waals surface area contributed by atoms with Gasteiger partial charge in [-0.15, -0.1) is 5.10 Å². The molecule has 0 radical (unpaired) electrons. The Labute approximate surface area is 116 Å². The molecule has 20 heavy (non-hydrogen) atoms. The molecule has 0 spiro atoms. The fraction of sp³-hybridized carbons (Fsp3) is 0.231. The minimum absolute atomic E-state index is 0.632. The molecule has 7 heteroatoms. The number of nitrogens with two attached hydrogens (primary N) is 1. The maximum atomic E-state index is 5.99. The summed E-state index contributed by atoms with van der Waals surface area (Å²) in [5.74, 6) is 1.30. The normalized spacial score (nSPS) is 10.9. The lowest BCUT2D eigenvalue weighted by molar-refractivity contribution is 0.715. The third-order valence-corrected chi connectivity index (χ3v) is 3.24. The highest BCUT2D eigenvalue weighted by molar-refractivity contribution is 5.68. The van der Waals surface area contributed by atoms with Gasteiger partial charge in [0.15, 0.2) is 11.6 Å². The maximum absolute atomic E-state index is 5.99. The van der Waals surface area contributed by atoms with Crippen molar-refractivity contribution in [2.45, 2.75) is 13.8 Å². The van der Waals surface area contributed by atoms with Gasteiger partial charge in [-0.3, -0.25) is 4.68 Å². The van der Waals surface area contributed by atoms with E-state index in [0.29, 0.717) is 11.6 Å². The maximum Gasteiger partial charge on any atom is 0.189 e. The zero-order valence-corrected chi connectivity index (χ0v) is 11.6. The van der Waals surface area contributed by atoms with E-state index in [0.717, 1.165) is 22.4 Å². The van der Waals surface area contributed by atoms with Crippen molar-refractivity contribution in [3.8, 4) is 17.2 Å². The fourth-order valence-corrected chi connectivity index (χ4v) is 2.14. The second kappa shape index (κ2) is 4.44. The van der Waals surface area contributed by atoms with Crippen LogP contribution in [0.4, 0.5) is 5.69 Å². The Balaban J connectivity index is 2.17. The molecule has 0 fully saturated rings. The number of rotatable bonds is 2. The van der Waals surface area contributed by atoms with Gasteiger partial charge in [0.1, 0.15) is 0 Å². The van der Waals surface area contributed by atoms with Crippen LogP contribution in [-0.2, 0) is 7.05 Å². The van der Waals surface area contributed by atoms with E-state index in [-0.39, 0.29) is 0 Å². The molecule has 0 saturated carbocycles. The van der Waals surface area contributed by atoms with E-state index >= 15 is 0 Å². The molecule has 2 aromatic heterocycles. The second-order valence-electron chi connectivity index (χ2n) is 4.79. The van der Waals surface area contributed by atoms with Gasteiger partial charge in [0.25, 0.3) is 0 Å². The van der Waals surface area contributed by atoms with Crippen LogP contribution in [-0.4, -0.2) is 30.0 Å². The molecule has 7 nitrogen and oxygen atoms in total. The highest BCUT2D eigenvalue weighted by Crippen LogP contribution is 2.26. The smallest absolute Gasteiger partial charge is 0.189 e. The highest BCUT2D eigenvalue weighted by Gasteiger charge is 2.15. The molecule has 0 aliphatic carbocycles. The summed E-state index contributed by atoms with van der Waals surface area (Å²) >= 11 is 0. The molecule has 3 aromatic rings. The molecular formula is C13H15N7. The number of hydrogen-bond acceptors (Lipinski definition) is 5. The van der Waals surface area contributed by atoms with Crippen molar-refractivity contribution in [2.24, 2.45) is 7.05 Å². The van der Waals surface area contributed by atoms with Gasteiger partial charge < -0.3 is 5.73 Å². The van der Waals surface area contributed by atoms with Crippen molar-refractivity contribution >= 4 is 5.69 Å². The first kappa shape index (κ1) is 12.3. The lowest BCUT2D eigenvalue weighted by Crippen LogP contribution is -2.03. The van der Waals surface area contributed by atoms with Crippen molar-refractivity contribution in [1.82, 2.24) is 30.0 Å². The van der Waals surface area contributed by atoms with Crippen molar-refractivity contribution in [1.29, 1.82) is 0 Å². The number of benzene rings is 1. The SMILES string of the molecule is Cc1cc(C)c(-c2nnnn2-c2ccn(C)n2)cc1N. The largest absolute Gasteiger partial charge is 0.398 e. The molecule has 0 aliphatic heterocycles. The summed E-state index contributed by atoms with van der Waals surface area (Å²) in [7, 11) is 1.85. The molecule has 1 aromatic carbocycles. The molecule has 102 valence electrons. The predicted octanol–water partition coefficient (Wildman–Crippen LogP) is 1.26. The number of tetrazole rings is 1. The van der Waals surface area contributed by atoms with Gasteiger partial charge in [0.2, 0.25) is 0 Å². The summed E-state index contributed by atoms with van der Waals surface area (Å²) in [5, 5.41) is 16.2. The fourth-order valence-electron chi connectivity index (χ4n) is 2.14. The van der Waals surface area contributed by atoms with Crippen LogP contribution in [0.15, 0.2) is 24.4 Å². The molecule has 0 bridgehead atoms. The van der Waals surface area contributed by atoms with Crippen molar-refractivity contribution < 1.29 is 0 Å². The second-order valence-corrected chi connectivity index (χ2v) is 4.79. The Hall–Kier alpha value is -2.70. The minimum Gasteiger partial charge on any atom is -0.398 e. The number of aryl methyl sites for hydroxylation is 3. The summed E-state index contributed by atoms with van der Waals surface area (Å²) in [6.07, 6.45) is 1.84. The number of nitrogens with zero attached hydrogens (tertiary/aromatic N) is 6. The number of anilines is 1. The van der Waals surface area contributed by atoms with Gasteiger partial charge in [-0.1, -0.05) is 6.07 Å². The van der Waals surface area contributed by atoms with Gasteiger partial charge in [-0.25, -0.2) is 0 Å². The molecule has 0 saturated heterocycles. The van der Waals surface area contributed by atoms with E-state index in [9.17, 15) is 0 Å². The first-order valence-corrected chi connectivity index (χ1v) is 6.22. The Bertz CT molecular complexity index is 769. The number of nitrogen functional groups attached to an aromatic ring is 1. The molecule has 0 amide bonds. The van der Waals surface area contributed by atoms with E-state index in [1.807, 2.05) is 45.3 Å². The van der Waals surface area contributed by atoms with E-state index in [4.69, 9.17) is 5.73 Å². The summed E-state index contributed by atoms with van der Waals surface area (Å²) < 4.78 is 3.31. The summed E-state index contributed by atoms with van der Waals surface area (Å²) in [6.45, 7) is 3.99. The van der Waals surface area contributed by atoms with Gasteiger partial charge in [-0.2, -0.15) is 9.78 Å². The van der Waals surface area contributed by atoms with Crippen LogP contribution in [0.3, 0.4) is 0 Å². The number of hydrogen-bond donors (Lipinski definition) is 1. The molecular weight excluding hydrogens is 254 g/mol. The zero-order chi connectivity index (χ0) is 14.3. The third-order valence-electron chi connectivity index (χ3n) is 3.24. The third kappa shape index (κ3) is 1.93. The molecule has 0 aliphatic rings. The Morgan fingerprint density at radius 1 is 1.15 bits per heavy atom. The van der Waals surface area contributed by atoms with E-state index < -0.39 is 0 Å².